The third-order valence-electron chi connectivity index (χ3n) is 2.72. The van der Waals surface area contributed by atoms with Gasteiger partial charge in [-0.2, -0.15) is 0 Å². The monoisotopic (exact) mass is 327 g/mol. The van der Waals surface area contributed by atoms with E-state index in [4.69, 9.17) is 27.9 Å². The van der Waals surface area contributed by atoms with E-state index < -0.39 is 0 Å². The zero-order valence-electron chi connectivity index (χ0n) is 11.1. The molecular formula is C15H12Cl2FNO2. The van der Waals surface area contributed by atoms with Crippen molar-refractivity contribution in [2.75, 3.05) is 11.9 Å². The van der Waals surface area contributed by atoms with E-state index in [2.05, 4.69) is 5.32 Å². The van der Waals surface area contributed by atoms with Gasteiger partial charge in [0.1, 0.15) is 11.6 Å². The summed E-state index contributed by atoms with van der Waals surface area (Å²) in [6.45, 7) is 1.49. The van der Waals surface area contributed by atoms with Gasteiger partial charge in [0.05, 0.1) is 5.02 Å². The third kappa shape index (κ3) is 4.34. The highest BCUT2D eigenvalue weighted by Crippen LogP contribution is 2.27. The molecule has 110 valence electrons. The van der Waals surface area contributed by atoms with Crippen LogP contribution in [0.5, 0.6) is 5.75 Å². The average molecular weight is 328 g/mol. The van der Waals surface area contributed by atoms with Gasteiger partial charge in [0.2, 0.25) is 0 Å². The molecule has 0 bridgehead atoms. The molecule has 3 nitrogen and oxygen atoms in total. The number of carbonyl (C=O) groups excluding carboxylic acids is 1. The Labute approximate surface area is 131 Å². The Morgan fingerprint density at radius 3 is 2.67 bits per heavy atom. The van der Waals surface area contributed by atoms with Crippen molar-refractivity contribution in [2.45, 2.75) is 6.92 Å². The molecule has 0 fully saturated rings. The fraction of sp³-hybridized carbons (Fsp3) is 0.133. The van der Waals surface area contributed by atoms with E-state index in [0.29, 0.717) is 27.0 Å². The molecule has 0 spiro atoms. The number of hydrogen-bond acceptors (Lipinski definition) is 2. The Morgan fingerprint density at radius 1 is 1.24 bits per heavy atom. The Hall–Kier alpha value is -1.78. The number of rotatable bonds is 4. The van der Waals surface area contributed by atoms with Crippen LogP contribution in [-0.4, -0.2) is 12.5 Å². The maximum absolute atomic E-state index is 13.0. The highest BCUT2D eigenvalue weighted by Gasteiger charge is 2.08. The molecule has 0 aromatic heterocycles. The van der Waals surface area contributed by atoms with E-state index in [9.17, 15) is 9.18 Å². The van der Waals surface area contributed by atoms with Gasteiger partial charge in [-0.15, -0.1) is 0 Å². The number of hydrogen-bond donors (Lipinski definition) is 1. The van der Waals surface area contributed by atoms with Crippen molar-refractivity contribution >= 4 is 34.8 Å². The van der Waals surface area contributed by atoms with Crippen LogP contribution in [-0.2, 0) is 4.79 Å². The van der Waals surface area contributed by atoms with Crippen molar-refractivity contribution in [1.82, 2.24) is 0 Å². The lowest BCUT2D eigenvalue weighted by Gasteiger charge is -2.10. The normalized spacial score (nSPS) is 10.3. The Balaban J connectivity index is 1.96. The molecule has 0 heterocycles. The first-order chi connectivity index (χ1) is 9.95. The first kappa shape index (κ1) is 15.6. The van der Waals surface area contributed by atoms with Gasteiger partial charge in [0.15, 0.2) is 6.61 Å². The summed E-state index contributed by atoms with van der Waals surface area (Å²) in [5.41, 5.74) is 1.17. The quantitative estimate of drug-likeness (QED) is 0.900. The van der Waals surface area contributed by atoms with Crippen LogP contribution in [0.25, 0.3) is 0 Å². The second kappa shape index (κ2) is 6.78. The highest BCUT2D eigenvalue weighted by atomic mass is 35.5. The highest BCUT2D eigenvalue weighted by molar-refractivity contribution is 6.35. The molecule has 0 unspecified atom stereocenters. The molecule has 0 aliphatic carbocycles. The molecule has 1 N–H and O–H groups in total. The van der Waals surface area contributed by atoms with Crippen molar-refractivity contribution in [3.63, 3.8) is 0 Å². The smallest absolute Gasteiger partial charge is 0.262 e. The van der Waals surface area contributed by atoms with E-state index in [0.717, 1.165) is 0 Å². The summed E-state index contributed by atoms with van der Waals surface area (Å²) >= 11 is 11.7. The minimum Gasteiger partial charge on any atom is -0.482 e. The Bertz CT molecular complexity index is 677. The van der Waals surface area contributed by atoms with Crippen molar-refractivity contribution in [1.29, 1.82) is 0 Å². The summed E-state index contributed by atoms with van der Waals surface area (Å²) in [4.78, 5) is 11.8. The summed E-state index contributed by atoms with van der Waals surface area (Å²) in [6, 6.07) is 8.84. The second-order valence-electron chi connectivity index (χ2n) is 4.37. The summed E-state index contributed by atoms with van der Waals surface area (Å²) in [5.74, 6) is -0.350. The fourth-order valence-corrected chi connectivity index (χ4v) is 2.15. The van der Waals surface area contributed by atoms with Gasteiger partial charge in [-0.05, 0) is 48.9 Å². The minimum absolute atomic E-state index is 0.210. The van der Waals surface area contributed by atoms with Crippen LogP contribution in [0.1, 0.15) is 5.56 Å². The Kier molecular flexibility index (Phi) is 5.04. The molecule has 0 aliphatic rings. The number of ether oxygens (including phenoxy) is 1. The lowest BCUT2D eigenvalue weighted by Crippen LogP contribution is -2.20. The van der Waals surface area contributed by atoms with Gasteiger partial charge in [-0.1, -0.05) is 23.2 Å². The van der Waals surface area contributed by atoms with Gasteiger partial charge in [-0.3, -0.25) is 4.79 Å². The number of nitrogens with one attached hydrogen (secondary N) is 1. The lowest BCUT2D eigenvalue weighted by molar-refractivity contribution is -0.118. The zero-order chi connectivity index (χ0) is 15.4. The first-order valence-electron chi connectivity index (χ1n) is 6.09. The van der Waals surface area contributed by atoms with Crippen LogP contribution in [0.3, 0.4) is 0 Å². The topological polar surface area (TPSA) is 38.3 Å². The molecule has 6 heteroatoms. The summed E-state index contributed by atoms with van der Waals surface area (Å²) < 4.78 is 18.3. The standard InChI is InChI=1S/C15H12Cl2FNO2/c1-9-6-11(18)3-4-13(9)19-15(20)8-21-14-5-2-10(16)7-12(14)17/h2-7H,8H2,1H3,(H,19,20). The molecule has 0 radical (unpaired) electrons. The third-order valence-corrected chi connectivity index (χ3v) is 3.25. The molecule has 0 atom stereocenters. The van der Waals surface area contributed by atoms with Crippen molar-refractivity contribution in [3.05, 3.63) is 57.8 Å². The van der Waals surface area contributed by atoms with Crippen molar-refractivity contribution < 1.29 is 13.9 Å². The van der Waals surface area contributed by atoms with Gasteiger partial charge in [0, 0.05) is 10.7 Å². The number of aryl methyl sites for hydroxylation is 1. The molecule has 0 saturated heterocycles. The second-order valence-corrected chi connectivity index (χ2v) is 5.21. The number of benzene rings is 2. The summed E-state index contributed by atoms with van der Waals surface area (Å²) in [5, 5.41) is 3.45. The molecule has 2 rings (SSSR count). The van der Waals surface area contributed by atoms with E-state index in [1.54, 1.807) is 19.1 Å². The zero-order valence-corrected chi connectivity index (χ0v) is 12.6. The van der Waals surface area contributed by atoms with Gasteiger partial charge in [-0.25, -0.2) is 4.39 Å². The molecular weight excluding hydrogens is 316 g/mol. The number of anilines is 1. The van der Waals surface area contributed by atoms with Gasteiger partial charge >= 0.3 is 0 Å². The first-order valence-corrected chi connectivity index (χ1v) is 6.85. The van der Waals surface area contributed by atoms with E-state index >= 15 is 0 Å². The van der Waals surface area contributed by atoms with Crippen LogP contribution >= 0.6 is 23.2 Å². The SMILES string of the molecule is Cc1cc(F)ccc1NC(=O)COc1ccc(Cl)cc1Cl. The van der Waals surface area contributed by atoms with Crippen molar-refractivity contribution in [3.8, 4) is 5.75 Å². The van der Waals surface area contributed by atoms with Gasteiger partial charge in [0.25, 0.3) is 5.91 Å². The van der Waals surface area contributed by atoms with Crippen LogP contribution in [0.4, 0.5) is 10.1 Å². The predicted molar refractivity (Wildman–Crippen MR) is 81.7 cm³/mol. The predicted octanol–water partition coefficient (Wildman–Crippen LogP) is 4.46. The fourth-order valence-electron chi connectivity index (χ4n) is 1.69. The molecule has 2 aromatic rings. The summed E-state index contributed by atoms with van der Waals surface area (Å²) in [7, 11) is 0. The van der Waals surface area contributed by atoms with E-state index in [1.807, 2.05) is 0 Å². The number of halogens is 3. The minimum atomic E-state index is -0.365. The van der Waals surface area contributed by atoms with Crippen LogP contribution in [0.2, 0.25) is 10.0 Å². The maximum Gasteiger partial charge on any atom is 0.262 e. The van der Waals surface area contributed by atoms with E-state index in [1.165, 1.54) is 24.3 Å². The molecule has 2 aromatic carbocycles. The van der Waals surface area contributed by atoms with Crippen LogP contribution in [0.15, 0.2) is 36.4 Å². The van der Waals surface area contributed by atoms with Crippen LogP contribution in [0, 0.1) is 12.7 Å². The molecule has 0 aliphatic heterocycles. The summed E-state index contributed by atoms with van der Waals surface area (Å²) in [6.07, 6.45) is 0. The largest absolute Gasteiger partial charge is 0.482 e. The molecule has 1 amide bonds. The Morgan fingerprint density at radius 2 is 2.00 bits per heavy atom. The van der Waals surface area contributed by atoms with Crippen molar-refractivity contribution in [2.24, 2.45) is 0 Å². The molecule has 21 heavy (non-hydrogen) atoms. The molecule has 0 saturated carbocycles. The van der Waals surface area contributed by atoms with E-state index in [-0.39, 0.29) is 18.3 Å². The number of amides is 1. The number of carbonyl (C=O) groups is 1. The van der Waals surface area contributed by atoms with Crippen LogP contribution < -0.4 is 10.1 Å². The van der Waals surface area contributed by atoms with Gasteiger partial charge < -0.3 is 10.1 Å². The lowest BCUT2D eigenvalue weighted by atomic mass is 10.2. The maximum atomic E-state index is 13.0. The average Bonchev–Trinajstić information content (AvgIpc) is 2.41.